The maximum Gasteiger partial charge on any atom is 0.317 e. The molecule has 0 radical (unpaired) electrons. The van der Waals surface area contributed by atoms with Gasteiger partial charge in [0, 0.05) is 55.8 Å². The Labute approximate surface area is 155 Å². The lowest BCUT2D eigenvalue weighted by Crippen LogP contribution is -2.52. The molecule has 2 aromatic rings. The van der Waals surface area contributed by atoms with E-state index in [2.05, 4.69) is 15.2 Å². The zero-order valence-corrected chi connectivity index (χ0v) is 15.5. The zero-order valence-electron chi connectivity index (χ0n) is 13.9. The normalized spacial score (nSPS) is 14.6. The summed E-state index contributed by atoms with van der Waals surface area (Å²) in [6.45, 7) is 3.61. The van der Waals surface area contributed by atoms with Gasteiger partial charge in [-0.15, -0.1) is 11.3 Å². The second-order valence-electron chi connectivity index (χ2n) is 5.66. The van der Waals surface area contributed by atoms with Crippen molar-refractivity contribution in [1.29, 1.82) is 0 Å². The molecule has 1 aliphatic rings. The fraction of sp³-hybridized carbons (Fsp3) is 0.412. The number of nitrogens with zero attached hydrogens (tertiary/aromatic N) is 3. The van der Waals surface area contributed by atoms with Crippen molar-refractivity contribution in [2.24, 2.45) is 0 Å². The van der Waals surface area contributed by atoms with Crippen LogP contribution in [-0.4, -0.2) is 54.4 Å². The minimum Gasteiger partial charge on any atom is -0.345 e. The summed E-state index contributed by atoms with van der Waals surface area (Å²) in [6.07, 6.45) is 1.80. The number of aromatic nitrogens is 1. The van der Waals surface area contributed by atoms with E-state index in [9.17, 15) is 9.18 Å². The number of hydrogen-bond acceptors (Lipinski definition) is 5. The second-order valence-corrected chi connectivity index (χ2v) is 7.64. The van der Waals surface area contributed by atoms with E-state index in [1.165, 1.54) is 6.07 Å². The fourth-order valence-electron chi connectivity index (χ4n) is 2.61. The number of halogens is 1. The van der Waals surface area contributed by atoms with Crippen LogP contribution in [0.5, 0.6) is 0 Å². The molecule has 134 valence electrons. The number of urea groups is 1. The highest BCUT2D eigenvalue weighted by molar-refractivity contribution is 7.98. The summed E-state index contributed by atoms with van der Waals surface area (Å²) in [4.78, 5) is 20.5. The summed E-state index contributed by atoms with van der Waals surface area (Å²) in [7, 11) is 0. The molecule has 1 saturated heterocycles. The topological polar surface area (TPSA) is 48.5 Å². The molecule has 2 amide bonds. The maximum absolute atomic E-state index is 13.5. The third kappa shape index (κ3) is 5.09. The van der Waals surface area contributed by atoms with Gasteiger partial charge in [0.1, 0.15) is 5.82 Å². The lowest BCUT2D eigenvalue weighted by Gasteiger charge is -2.34. The second kappa shape index (κ2) is 9.05. The van der Waals surface area contributed by atoms with E-state index in [-0.39, 0.29) is 11.8 Å². The lowest BCUT2D eigenvalue weighted by molar-refractivity contribution is 0.195. The summed E-state index contributed by atoms with van der Waals surface area (Å²) in [5, 5.41) is 5.93. The number of carbonyl (C=O) groups is 1. The van der Waals surface area contributed by atoms with Gasteiger partial charge in [-0.2, -0.15) is 11.8 Å². The Bertz CT molecular complexity index is 675. The highest BCUT2D eigenvalue weighted by Crippen LogP contribution is 2.19. The van der Waals surface area contributed by atoms with Gasteiger partial charge in [-0.05, 0) is 11.6 Å². The molecule has 0 saturated carbocycles. The molecule has 0 atom stereocenters. The van der Waals surface area contributed by atoms with E-state index in [1.54, 1.807) is 41.4 Å². The predicted octanol–water partition coefficient (Wildman–Crippen LogP) is 3.05. The number of carbonyl (C=O) groups excluding carboxylic acids is 1. The third-order valence-electron chi connectivity index (χ3n) is 3.99. The molecule has 3 rings (SSSR count). The summed E-state index contributed by atoms with van der Waals surface area (Å²) in [5.41, 5.74) is 0.706. The predicted molar refractivity (Wildman–Crippen MR) is 102 cm³/mol. The largest absolute Gasteiger partial charge is 0.345 e. The van der Waals surface area contributed by atoms with Crippen LogP contribution in [0.4, 0.5) is 14.3 Å². The maximum atomic E-state index is 13.5. The van der Waals surface area contributed by atoms with Crippen LogP contribution in [0, 0.1) is 5.82 Å². The van der Waals surface area contributed by atoms with Crippen molar-refractivity contribution in [2.45, 2.75) is 5.75 Å². The van der Waals surface area contributed by atoms with Crippen LogP contribution in [0.2, 0.25) is 0 Å². The van der Waals surface area contributed by atoms with Crippen LogP contribution in [0.1, 0.15) is 5.56 Å². The number of thioether (sulfide) groups is 1. The quantitative estimate of drug-likeness (QED) is 0.783. The highest BCUT2D eigenvalue weighted by Gasteiger charge is 2.21. The number of hydrogen-bond donors (Lipinski definition) is 1. The average Bonchev–Trinajstić information content (AvgIpc) is 3.17. The molecule has 0 aliphatic carbocycles. The molecule has 1 aromatic carbocycles. The van der Waals surface area contributed by atoms with Gasteiger partial charge in [0.25, 0.3) is 0 Å². The molecule has 1 fully saturated rings. The first-order valence-electron chi connectivity index (χ1n) is 8.22. The molecule has 1 aromatic heterocycles. The molecule has 1 N–H and O–H groups in total. The van der Waals surface area contributed by atoms with Gasteiger partial charge in [-0.3, -0.25) is 0 Å². The average molecular weight is 381 g/mol. The van der Waals surface area contributed by atoms with Crippen molar-refractivity contribution < 1.29 is 9.18 Å². The number of thiazole rings is 1. The van der Waals surface area contributed by atoms with E-state index in [1.807, 2.05) is 16.3 Å². The molecule has 5 nitrogen and oxygen atoms in total. The Balaban J connectivity index is 1.31. The van der Waals surface area contributed by atoms with Crippen LogP contribution in [0.15, 0.2) is 35.8 Å². The summed E-state index contributed by atoms with van der Waals surface area (Å²) in [6, 6.07) is 6.78. The van der Waals surface area contributed by atoms with Crippen LogP contribution in [-0.2, 0) is 5.75 Å². The monoisotopic (exact) mass is 380 g/mol. The molecule has 25 heavy (non-hydrogen) atoms. The van der Waals surface area contributed by atoms with Crippen LogP contribution >= 0.6 is 23.1 Å². The summed E-state index contributed by atoms with van der Waals surface area (Å²) < 4.78 is 13.5. The molecule has 2 heterocycles. The van der Waals surface area contributed by atoms with Gasteiger partial charge in [0.05, 0.1) is 0 Å². The van der Waals surface area contributed by atoms with Gasteiger partial charge >= 0.3 is 6.03 Å². The van der Waals surface area contributed by atoms with Crippen LogP contribution < -0.4 is 10.2 Å². The van der Waals surface area contributed by atoms with E-state index in [4.69, 9.17) is 0 Å². The number of amides is 2. The number of piperazine rings is 1. The Morgan fingerprint density at radius 1 is 1.28 bits per heavy atom. The minimum atomic E-state index is -0.169. The Morgan fingerprint density at radius 3 is 2.80 bits per heavy atom. The Morgan fingerprint density at radius 2 is 2.08 bits per heavy atom. The molecule has 0 unspecified atom stereocenters. The van der Waals surface area contributed by atoms with Crippen molar-refractivity contribution >= 4 is 34.3 Å². The summed E-state index contributed by atoms with van der Waals surface area (Å²) >= 11 is 3.24. The minimum absolute atomic E-state index is 0.0229. The van der Waals surface area contributed by atoms with Gasteiger partial charge in [0.2, 0.25) is 0 Å². The van der Waals surface area contributed by atoms with Crippen molar-refractivity contribution in [3.63, 3.8) is 0 Å². The van der Waals surface area contributed by atoms with E-state index in [0.717, 1.165) is 24.0 Å². The lowest BCUT2D eigenvalue weighted by atomic mass is 10.2. The first-order chi connectivity index (χ1) is 12.2. The Hall–Kier alpha value is -1.80. The van der Waals surface area contributed by atoms with Crippen molar-refractivity contribution in [3.05, 3.63) is 47.2 Å². The molecular formula is C17H21FN4OS2. The summed E-state index contributed by atoms with van der Waals surface area (Å²) in [5.74, 6) is 1.21. The van der Waals surface area contributed by atoms with Crippen LogP contribution in [0.3, 0.4) is 0 Å². The van der Waals surface area contributed by atoms with Gasteiger partial charge < -0.3 is 15.1 Å². The molecule has 8 heteroatoms. The standard InChI is InChI=1S/C17H21FN4OS2/c18-15-4-2-1-3-14(15)13-24-11-5-19-16(23)21-7-9-22(10-8-21)17-20-6-12-25-17/h1-4,6,12H,5,7-11,13H2,(H,19,23). The van der Waals surface area contributed by atoms with E-state index < -0.39 is 0 Å². The zero-order chi connectivity index (χ0) is 17.5. The first kappa shape index (κ1) is 18.0. The number of benzene rings is 1. The molecule has 1 aliphatic heterocycles. The molecule has 0 bridgehead atoms. The van der Waals surface area contributed by atoms with Crippen molar-refractivity contribution in [1.82, 2.24) is 15.2 Å². The first-order valence-corrected chi connectivity index (χ1v) is 10.3. The SMILES string of the molecule is O=C(NCCSCc1ccccc1F)N1CCN(c2nccs2)CC1. The van der Waals surface area contributed by atoms with Crippen molar-refractivity contribution in [3.8, 4) is 0 Å². The Kier molecular flexibility index (Phi) is 6.52. The van der Waals surface area contributed by atoms with E-state index >= 15 is 0 Å². The molecule has 0 spiro atoms. The molecular weight excluding hydrogens is 359 g/mol. The fourth-order valence-corrected chi connectivity index (χ4v) is 4.15. The van der Waals surface area contributed by atoms with Gasteiger partial charge in [0.15, 0.2) is 5.13 Å². The number of anilines is 1. The highest BCUT2D eigenvalue weighted by atomic mass is 32.2. The van der Waals surface area contributed by atoms with Gasteiger partial charge in [-0.25, -0.2) is 14.2 Å². The van der Waals surface area contributed by atoms with Crippen molar-refractivity contribution in [2.75, 3.05) is 43.4 Å². The smallest absolute Gasteiger partial charge is 0.317 e. The van der Waals surface area contributed by atoms with E-state index in [0.29, 0.717) is 31.0 Å². The number of nitrogens with one attached hydrogen (secondary N) is 1. The van der Waals surface area contributed by atoms with Crippen LogP contribution in [0.25, 0.3) is 0 Å². The van der Waals surface area contributed by atoms with Gasteiger partial charge in [-0.1, -0.05) is 18.2 Å². The third-order valence-corrected chi connectivity index (χ3v) is 5.83. The number of rotatable bonds is 6.